The maximum Gasteiger partial charge on any atom is 0.163 e. The van der Waals surface area contributed by atoms with Gasteiger partial charge in [-0.3, -0.25) is 0 Å². The number of ether oxygens (including phenoxy) is 1. The molecule has 0 saturated carbocycles. The van der Waals surface area contributed by atoms with Crippen molar-refractivity contribution >= 4 is 17.3 Å². The summed E-state index contributed by atoms with van der Waals surface area (Å²) in [6, 6.07) is 1.88. The van der Waals surface area contributed by atoms with E-state index in [1.165, 1.54) is 0 Å². The summed E-state index contributed by atoms with van der Waals surface area (Å²) in [5.41, 5.74) is 8.77. The number of rotatable bonds is 2. The van der Waals surface area contributed by atoms with Crippen LogP contribution in [0, 0.1) is 13.8 Å². The van der Waals surface area contributed by atoms with Crippen LogP contribution in [0.2, 0.25) is 5.02 Å². The summed E-state index contributed by atoms with van der Waals surface area (Å²) in [6.07, 6.45) is 3.13. The molecule has 0 radical (unpaired) electrons. The lowest BCUT2D eigenvalue weighted by atomic mass is 10.0. The fourth-order valence-electron chi connectivity index (χ4n) is 1.83. The van der Waals surface area contributed by atoms with Crippen molar-refractivity contribution < 1.29 is 4.74 Å². The molecule has 5 heteroatoms. The van der Waals surface area contributed by atoms with Crippen molar-refractivity contribution in [3.63, 3.8) is 0 Å². The maximum absolute atomic E-state index is 6.26. The van der Waals surface area contributed by atoms with Gasteiger partial charge in [0.05, 0.1) is 30.8 Å². The molecule has 0 aliphatic rings. The van der Waals surface area contributed by atoms with Crippen LogP contribution in [-0.2, 0) is 0 Å². The van der Waals surface area contributed by atoms with Crippen LogP contribution in [0.15, 0.2) is 18.5 Å². The number of halogens is 1. The Hall–Kier alpha value is -1.81. The van der Waals surface area contributed by atoms with E-state index in [-0.39, 0.29) is 0 Å². The molecule has 0 atom stereocenters. The lowest BCUT2D eigenvalue weighted by molar-refractivity contribution is 0.415. The Morgan fingerprint density at radius 2 is 1.83 bits per heavy atom. The SMILES string of the molecule is COc1cc(C)c(Cl)c(C)c1-c1ncc(N)cn1. The highest BCUT2D eigenvalue weighted by atomic mass is 35.5. The molecule has 0 aliphatic carbocycles. The number of aryl methyl sites for hydroxylation is 1. The third-order valence-corrected chi connectivity index (χ3v) is 3.34. The molecular formula is C13H14ClN3O. The smallest absolute Gasteiger partial charge is 0.163 e. The summed E-state index contributed by atoms with van der Waals surface area (Å²) in [7, 11) is 1.61. The maximum atomic E-state index is 6.26. The summed E-state index contributed by atoms with van der Waals surface area (Å²) in [5.74, 6) is 1.26. The Balaban J connectivity index is 2.69. The second kappa shape index (κ2) is 4.82. The van der Waals surface area contributed by atoms with Gasteiger partial charge < -0.3 is 10.5 Å². The molecule has 0 aliphatic heterocycles. The molecule has 0 unspecified atom stereocenters. The largest absolute Gasteiger partial charge is 0.496 e. The Kier molecular flexibility index (Phi) is 3.39. The van der Waals surface area contributed by atoms with Crippen LogP contribution in [0.1, 0.15) is 11.1 Å². The molecule has 1 heterocycles. The predicted molar refractivity (Wildman–Crippen MR) is 72.9 cm³/mol. The topological polar surface area (TPSA) is 61.0 Å². The van der Waals surface area contributed by atoms with Crippen molar-refractivity contribution in [3.05, 3.63) is 34.6 Å². The van der Waals surface area contributed by atoms with Gasteiger partial charge in [0.15, 0.2) is 5.82 Å². The highest BCUT2D eigenvalue weighted by Gasteiger charge is 2.16. The molecule has 0 fully saturated rings. The summed E-state index contributed by atoms with van der Waals surface area (Å²) in [6.45, 7) is 3.86. The van der Waals surface area contributed by atoms with E-state index in [1.807, 2.05) is 19.9 Å². The minimum Gasteiger partial charge on any atom is -0.496 e. The third-order valence-electron chi connectivity index (χ3n) is 2.76. The fraction of sp³-hybridized carbons (Fsp3) is 0.231. The van der Waals surface area contributed by atoms with E-state index in [1.54, 1.807) is 19.5 Å². The van der Waals surface area contributed by atoms with Gasteiger partial charge in [0, 0.05) is 5.02 Å². The molecule has 4 nitrogen and oxygen atoms in total. The summed E-state index contributed by atoms with van der Waals surface area (Å²) in [5, 5.41) is 0.700. The highest BCUT2D eigenvalue weighted by Crippen LogP contribution is 2.37. The molecule has 2 N–H and O–H groups in total. The number of hydrogen-bond donors (Lipinski definition) is 1. The number of aromatic nitrogens is 2. The molecule has 0 spiro atoms. The van der Waals surface area contributed by atoms with Crippen LogP contribution < -0.4 is 10.5 Å². The molecule has 18 heavy (non-hydrogen) atoms. The minimum absolute atomic E-state index is 0.522. The highest BCUT2D eigenvalue weighted by molar-refractivity contribution is 6.32. The Morgan fingerprint density at radius 3 is 2.39 bits per heavy atom. The molecule has 94 valence electrons. The van der Waals surface area contributed by atoms with Gasteiger partial charge in [-0.05, 0) is 31.0 Å². The normalized spacial score (nSPS) is 10.4. The van der Waals surface area contributed by atoms with E-state index < -0.39 is 0 Å². The van der Waals surface area contributed by atoms with E-state index in [0.29, 0.717) is 22.3 Å². The van der Waals surface area contributed by atoms with Gasteiger partial charge in [-0.2, -0.15) is 0 Å². The van der Waals surface area contributed by atoms with Gasteiger partial charge >= 0.3 is 0 Å². The molecule has 0 bridgehead atoms. The molecule has 2 aromatic rings. The lowest BCUT2D eigenvalue weighted by Gasteiger charge is -2.14. The standard InChI is InChI=1S/C13H14ClN3O/c1-7-4-10(18-3)11(8(2)12(7)14)13-16-5-9(15)6-17-13/h4-6H,15H2,1-3H3. The lowest BCUT2D eigenvalue weighted by Crippen LogP contribution is -1.98. The number of nitrogens with two attached hydrogens (primary N) is 1. The van der Waals surface area contributed by atoms with Gasteiger partial charge in [-0.25, -0.2) is 9.97 Å². The first-order valence-electron chi connectivity index (χ1n) is 5.46. The van der Waals surface area contributed by atoms with E-state index in [2.05, 4.69) is 9.97 Å². The van der Waals surface area contributed by atoms with Gasteiger partial charge in [0.25, 0.3) is 0 Å². The van der Waals surface area contributed by atoms with Gasteiger partial charge in [-0.15, -0.1) is 0 Å². The molecule has 1 aromatic carbocycles. The van der Waals surface area contributed by atoms with E-state index in [0.717, 1.165) is 16.7 Å². The molecule has 1 aromatic heterocycles. The Labute approximate surface area is 111 Å². The van der Waals surface area contributed by atoms with Gasteiger partial charge in [0.2, 0.25) is 0 Å². The summed E-state index contributed by atoms with van der Waals surface area (Å²) < 4.78 is 5.38. The zero-order chi connectivity index (χ0) is 13.3. The first kappa shape index (κ1) is 12.6. The monoisotopic (exact) mass is 263 g/mol. The van der Waals surface area contributed by atoms with E-state index >= 15 is 0 Å². The second-order valence-corrected chi connectivity index (χ2v) is 4.43. The first-order chi connectivity index (χ1) is 8.54. The first-order valence-corrected chi connectivity index (χ1v) is 5.84. The number of anilines is 1. The van der Waals surface area contributed by atoms with Crippen molar-refractivity contribution in [2.24, 2.45) is 0 Å². The quantitative estimate of drug-likeness (QED) is 0.905. The number of benzene rings is 1. The van der Waals surface area contributed by atoms with Crippen LogP contribution in [0.4, 0.5) is 5.69 Å². The Morgan fingerprint density at radius 1 is 1.22 bits per heavy atom. The number of nitrogens with zero attached hydrogens (tertiary/aromatic N) is 2. The number of hydrogen-bond acceptors (Lipinski definition) is 4. The summed E-state index contributed by atoms with van der Waals surface area (Å²) >= 11 is 6.26. The average Bonchev–Trinajstić information content (AvgIpc) is 2.37. The van der Waals surface area contributed by atoms with Crippen LogP contribution in [0.3, 0.4) is 0 Å². The van der Waals surface area contributed by atoms with Crippen molar-refractivity contribution in [2.75, 3.05) is 12.8 Å². The zero-order valence-corrected chi connectivity index (χ0v) is 11.2. The fourth-order valence-corrected chi connectivity index (χ4v) is 1.98. The summed E-state index contributed by atoms with van der Waals surface area (Å²) in [4.78, 5) is 8.43. The molecule has 0 saturated heterocycles. The van der Waals surface area contributed by atoms with Crippen molar-refractivity contribution in [1.82, 2.24) is 9.97 Å². The number of nitrogen functional groups attached to an aromatic ring is 1. The van der Waals surface area contributed by atoms with Crippen LogP contribution in [-0.4, -0.2) is 17.1 Å². The minimum atomic E-state index is 0.522. The zero-order valence-electron chi connectivity index (χ0n) is 10.5. The van der Waals surface area contributed by atoms with Crippen LogP contribution in [0.25, 0.3) is 11.4 Å². The van der Waals surface area contributed by atoms with Crippen molar-refractivity contribution in [1.29, 1.82) is 0 Å². The number of methoxy groups -OCH3 is 1. The molecule has 2 rings (SSSR count). The predicted octanol–water partition coefficient (Wildman–Crippen LogP) is 3.00. The second-order valence-electron chi connectivity index (χ2n) is 4.05. The average molecular weight is 264 g/mol. The Bertz CT molecular complexity index is 582. The van der Waals surface area contributed by atoms with Crippen LogP contribution >= 0.6 is 11.6 Å². The molecule has 0 amide bonds. The van der Waals surface area contributed by atoms with Crippen molar-refractivity contribution in [2.45, 2.75) is 13.8 Å². The van der Waals surface area contributed by atoms with Crippen molar-refractivity contribution in [3.8, 4) is 17.1 Å². The van der Waals surface area contributed by atoms with Crippen LogP contribution in [0.5, 0.6) is 5.75 Å². The van der Waals surface area contributed by atoms with Gasteiger partial charge in [-0.1, -0.05) is 11.6 Å². The third kappa shape index (κ3) is 2.11. The van der Waals surface area contributed by atoms with Gasteiger partial charge in [0.1, 0.15) is 5.75 Å². The molecular weight excluding hydrogens is 250 g/mol. The van der Waals surface area contributed by atoms with E-state index in [9.17, 15) is 0 Å². The van der Waals surface area contributed by atoms with E-state index in [4.69, 9.17) is 22.1 Å².